The molecule has 0 bridgehead atoms. The molecule has 68 valence electrons. The summed E-state index contributed by atoms with van der Waals surface area (Å²) in [4.78, 5) is 4.28. The van der Waals surface area contributed by atoms with Crippen molar-refractivity contribution >= 4 is 6.21 Å². The van der Waals surface area contributed by atoms with Gasteiger partial charge in [-0.05, 0) is 26.5 Å². The summed E-state index contributed by atoms with van der Waals surface area (Å²) in [5.41, 5.74) is 1.10. The van der Waals surface area contributed by atoms with Crippen molar-refractivity contribution in [1.29, 1.82) is 0 Å². The van der Waals surface area contributed by atoms with Gasteiger partial charge in [0.25, 0.3) is 0 Å². The summed E-state index contributed by atoms with van der Waals surface area (Å²) in [6, 6.07) is 0. The van der Waals surface area contributed by atoms with Crippen LogP contribution in [0.3, 0.4) is 0 Å². The van der Waals surface area contributed by atoms with E-state index >= 15 is 0 Å². The first-order valence-corrected chi connectivity index (χ1v) is 4.34. The second-order valence-electron chi connectivity index (χ2n) is 2.44. The first kappa shape index (κ1) is 11.1. The molecule has 0 fully saturated rings. The summed E-state index contributed by atoms with van der Waals surface area (Å²) in [7, 11) is 1.93. The van der Waals surface area contributed by atoms with E-state index in [1.165, 1.54) is 0 Å². The number of likely N-dealkylation sites (N-methyl/N-ethyl adjacent to an activating group) is 1. The van der Waals surface area contributed by atoms with Crippen LogP contribution in [0.25, 0.3) is 0 Å². The van der Waals surface area contributed by atoms with Crippen molar-refractivity contribution in [3.63, 3.8) is 0 Å². The molecule has 0 amide bonds. The fourth-order valence-corrected chi connectivity index (χ4v) is 0.812. The zero-order valence-electron chi connectivity index (χ0n) is 8.17. The lowest BCUT2D eigenvalue weighted by molar-refractivity contribution is 0.865. The number of nitrogens with zero attached hydrogens (tertiary/aromatic N) is 1. The van der Waals surface area contributed by atoms with Crippen LogP contribution in [0.4, 0.5) is 0 Å². The molecule has 0 aromatic heterocycles. The van der Waals surface area contributed by atoms with Gasteiger partial charge in [-0.25, -0.2) is 0 Å². The molecular formula is C10H18N2. The van der Waals surface area contributed by atoms with E-state index < -0.39 is 0 Å². The summed E-state index contributed by atoms with van der Waals surface area (Å²) in [6.07, 6.45) is 8.87. The Bertz CT molecular complexity index is 178. The Hall–Kier alpha value is -0.890. The largest absolute Gasteiger partial charge is 0.314 e. The fraction of sp³-hybridized carbons (Fsp3) is 0.500. The highest BCUT2D eigenvalue weighted by atomic mass is 14.9. The number of allylic oxidation sites excluding steroid dienone is 3. The molecule has 0 unspecified atom stereocenters. The number of hydrogen-bond donors (Lipinski definition) is 1. The Morgan fingerprint density at radius 2 is 2.25 bits per heavy atom. The molecule has 2 heteroatoms. The van der Waals surface area contributed by atoms with Gasteiger partial charge in [0.1, 0.15) is 0 Å². The summed E-state index contributed by atoms with van der Waals surface area (Å²) >= 11 is 0. The van der Waals surface area contributed by atoms with Crippen LogP contribution in [-0.4, -0.2) is 19.8 Å². The molecule has 0 atom stereocenters. The Labute approximate surface area is 75.1 Å². The third-order valence-corrected chi connectivity index (χ3v) is 1.32. The van der Waals surface area contributed by atoms with Gasteiger partial charge < -0.3 is 5.32 Å². The maximum atomic E-state index is 4.28. The maximum Gasteiger partial charge on any atom is 0.0501 e. The number of rotatable bonds is 5. The van der Waals surface area contributed by atoms with Gasteiger partial charge in [-0.15, -0.1) is 0 Å². The molecule has 0 saturated heterocycles. The maximum absolute atomic E-state index is 4.28. The first-order chi connectivity index (χ1) is 5.85. The van der Waals surface area contributed by atoms with E-state index in [2.05, 4.69) is 23.3 Å². The Balaban J connectivity index is 4.03. The molecule has 12 heavy (non-hydrogen) atoms. The molecule has 0 aromatic carbocycles. The lowest BCUT2D eigenvalue weighted by Gasteiger charge is -1.98. The Morgan fingerprint density at radius 1 is 1.50 bits per heavy atom. The molecule has 2 nitrogen and oxygen atoms in total. The second-order valence-corrected chi connectivity index (χ2v) is 2.44. The minimum Gasteiger partial charge on any atom is -0.314 e. The third kappa shape index (κ3) is 5.86. The van der Waals surface area contributed by atoms with Crippen molar-refractivity contribution in [1.82, 2.24) is 5.32 Å². The zero-order chi connectivity index (χ0) is 9.23. The van der Waals surface area contributed by atoms with Crippen molar-refractivity contribution in [3.8, 4) is 0 Å². The molecule has 0 aliphatic rings. The average molecular weight is 166 g/mol. The summed E-state index contributed by atoms with van der Waals surface area (Å²) in [5, 5.41) is 3.07. The molecule has 0 rings (SSSR count). The molecule has 0 spiro atoms. The molecule has 0 aromatic rings. The predicted octanol–water partition coefficient (Wildman–Crippen LogP) is 2.15. The van der Waals surface area contributed by atoms with Crippen molar-refractivity contribution in [2.45, 2.75) is 20.3 Å². The van der Waals surface area contributed by atoms with E-state index in [-0.39, 0.29) is 0 Å². The quantitative estimate of drug-likeness (QED) is 0.622. The van der Waals surface area contributed by atoms with E-state index in [1.807, 2.05) is 32.3 Å². The van der Waals surface area contributed by atoms with E-state index in [4.69, 9.17) is 0 Å². The minimum absolute atomic E-state index is 0.835. The van der Waals surface area contributed by atoms with Gasteiger partial charge in [-0.2, -0.15) is 0 Å². The molecule has 1 N–H and O–H groups in total. The van der Waals surface area contributed by atoms with Crippen LogP contribution in [-0.2, 0) is 0 Å². The second kappa shape index (κ2) is 8.21. The fourth-order valence-electron chi connectivity index (χ4n) is 0.812. The van der Waals surface area contributed by atoms with Gasteiger partial charge >= 0.3 is 0 Å². The van der Waals surface area contributed by atoms with Crippen LogP contribution >= 0.6 is 0 Å². The molecule has 0 aliphatic heterocycles. The summed E-state index contributed by atoms with van der Waals surface area (Å²) < 4.78 is 0. The van der Waals surface area contributed by atoms with Crippen molar-refractivity contribution in [2.75, 3.05) is 13.6 Å². The van der Waals surface area contributed by atoms with Crippen LogP contribution in [0.15, 0.2) is 28.9 Å². The Kier molecular flexibility index (Phi) is 7.60. The SMILES string of the molecule is C\C=C/C=N\C(=C\CC)CNC. The average Bonchev–Trinajstić information content (AvgIpc) is 2.06. The van der Waals surface area contributed by atoms with Crippen molar-refractivity contribution in [2.24, 2.45) is 4.99 Å². The lowest BCUT2D eigenvalue weighted by atomic mass is 10.3. The predicted molar refractivity (Wildman–Crippen MR) is 55.6 cm³/mol. The number of aliphatic imine (C=N–C) groups is 1. The van der Waals surface area contributed by atoms with Gasteiger partial charge in [-0.1, -0.05) is 19.1 Å². The molecule has 0 radical (unpaired) electrons. The summed E-state index contributed by atoms with van der Waals surface area (Å²) in [5.74, 6) is 0. The van der Waals surface area contributed by atoms with Crippen LogP contribution in [0.2, 0.25) is 0 Å². The third-order valence-electron chi connectivity index (χ3n) is 1.32. The highest BCUT2D eigenvalue weighted by molar-refractivity contribution is 5.71. The number of hydrogen-bond acceptors (Lipinski definition) is 2. The van der Waals surface area contributed by atoms with Gasteiger partial charge in [-0.3, -0.25) is 4.99 Å². The van der Waals surface area contributed by atoms with E-state index in [0.717, 1.165) is 18.7 Å². The molecule has 0 heterocycles. The smallest absolute Gasteiger partial charge is 0.0501 e. The van der Waals surface area contributed by atoms with Crippen LogP contribution in [0.5, 0.6) is 0 Å². The van der Waals surface area contributed by atoms with Crippen LogP contribution in [0.1, 0.15) is 20.3 Å². The lowest BCUT2D eigenvalue weighted by Crippen LogP contribution is -2.09. The van der Waals surface area contributed by atoms with E-state index in [1.54, 1.807) is 0 Å². The van der Waals surface area contributed by atoms with Crippen molar-refractivity contribution in [3.05, 3.63) is 23.9 Å². The molecular weight excluding hydrogens is 148 g/mol. The monoisotopic (exact) mass is 166 g/mol. The van der Waals surface area contributed by atoms with Gasteiger partial charge in [0.2, 0.25) is 0 Å². The minimum atomic E-state index is 0.835. The van der Waals surface area contributed by atoms with Crippen LogP contribution < -0.4 is 5.32 Å². The van der Waals surface area contributed by atoms with E-state index in [9.17, 15) is 0 Å². The van der Waals surface area contributed by atoms with Crippen molar-refractivity contribution < 1.29 is 0 Å². The zero-order valence-corrected chi connectivity index (χ0v) is 8.17. The summed E-state index contributed by atoms with van der Waals surface area (Å²) in [6.45, 7) is 4.93. The topological polar surface area (TPSA) is 24.4 Å². The Morgan fingerprint density at radius 3 is 2.75 bits per heavy atom. The van der Waals surface area contributed by atoms with Gasteiger partial charge in [0.05, 0.1) is 5.70 Å². The normalized spacial score (nSPS) is 13.4. The highest BCUT2D eigenvalue weighted by Crippen LogP contribution is 1.95. The standard InChI is InChI=1S/C10H18N2/c1-4-6-8-12-10(7-5-2)9-11-3/h4,6-8,11H,5,9H2,1-3H3/b6-4-,10-7+,12-8-. The molecule has 0 saturated carbocycles. The number of nitrogens with one attached hydrogen (secondary N) is 1. The molecule has 0 aliphatic carbocycles. The van der Waals surface area contributed by atoms with Crippen LogP contribution in [0, 0.1) is 0 Å². The van der Waals surface area contributed by atoms with E-state index in [0.29, 0.717) is 0 Å². The first-order valence-electron chi connectivity index (χ1n) is 4.34. The van der Waals surface area contributed by atoms with Gasteiger partial charge in [0.15, 0.2) is 0 Å². The highest BCUT2D eigenvalue weighted by Gasteiger charge is 1.87. The van der Waals surface area contributed by atoms with Gasteiger partial charge in [0, 0.05) is 12.8 Å².